The van der Waals surface area contributed by atoms with E-state index in [9.17, 15) is 19.7 Å². The molecule has 0 heterocycles. The third-order valence-electron chi connectivity index (χ3n) is 2.94. The van der Waals surface area contributed by atoms with Gasteiger partial charge < -0.3 is 15.1 Å². The van der Waals surface area contributed by atoms with Crippen molar-refractivity contribution in [1.82, 2.24) is 4.90 Å². The van der Waals surface area contributed by atoms with Crippen LogP contribution in [-0.2, 0) is 9.59 Å². The second-order valence-electron chi connectivity index (χ2n) is 5.11. The van der Waals surface area contributed by atoms with E-state index in [0.717, 1.165) is 0 Å². The number of amides is 2. The number of non-ortho nitro benzene ring substituents is 1. The molecule has 120 valence electrons. The molecule has 2 amide bonds. The molecule has 0 saturated heterocycles. The first-order valence-electron chi connectivity index (χ1n) is 6.71. The minimum Gasteiger partial charge on any atom is -0.324 e. The Labute approximate surface area is 128 Å². The fourth-order valence-corrected chi connectivity index (χ4v) is 1.91. The summed E-state index contributed by atoms with van der Waals surface area (Å²) in [6.07, 6.45) is 0. The van der Waals surface area contributed by atoms with Gasteiger partial charge in [-0.05, 0) is 20.2 Å². The first kappa shape index (κ1) is 17.6. The zero-order chi connectivity index (χ0) is 16.9. The van der Waals surface area contributed by atoms with Crippen molar-refractivity contribution in [2.24, 2.45) is 0 Å². The van der Waals surface area contributed by atoms with Crippen molar-refractivity contribution < 1.29 is 14.5 Å². The highest BCUT2D eigenvalue weighted by Crippen LogP contribution is 2.30. The van der Waals surface area contributed by atoms with Gasteiger partial charge in [-0.3, -0.25) is 19.7 Å². The van der Waals surface area contributed by atoms with E-state index < -0.39 is 4.92 Å². The van der Waals surface area contributed by atoms with Crippen molar-refractivity contribution >= 4 is 28.9 Å². The molecule has 8 heteroatoms. The summed E-state index contributed by atoms with van der Waals surface area (Å²) < 4.78 is 0. The Morgan fingerprint density at radius 2 is 1.86 bits per heavy atom. The molecule has 0 spiro atoms. The summed E-state index contributed by atoms with van der Waals surface area (Å²) in [7, 11) is 3.76. The maximum absolute atomic E-state index is 11.9. The largest absolute Gasteiger partial charge is 0.324 e. The Bertz CT molecular complexity index is 586. The van der Waals surface area contributed by atoms with Crippen molar-refractivity contribution in [3.63, 3.8) is 0 Å². The SMILES string of the molecule is CC(=O)Nc1cc([N+](=O)[O-])ccc1N(CCN(C)C)C(C)=O. The van der Waals surface area contributed by atoms with Gasteiger partial charge >= 0.3 is 0 Å². The van der Waals surface area contributed by atoms with Crippen LogP contribution in [0.3, 0.4) is 0 Å². The summed E-state index contributed by atoms with van der Waals surface area (Å²) in [6.45, 7) is 3.75. The number of hydrogen-bond donors (Lipinski definition) is 1. The molecule has 0 radical (unpaired) electrons. The lowest BCUT2D eigenvalue weighted by molar-refractivity contribution is -0.384. The maximum atomic E-state index is 11.9. The number of carbonyl (C=O) groups excluding carboxylic acids is 2. The molecule has 0 saturated carbocycles. The van der Waals surface area contributed by atoms with E-state index in [-0.39, 0.29) is 23.2 Å². The van der Waals surface area contributed by atoms with Gasteiger partial charge in [-0.15, -0.1) is 0 Å². The molecule has 0 aliphatic carbocycles. The number of hydrogen-bond acceptors (Lipinski definition) is 5. The molecule has 0 unspecified atom stereocenters. The Hall–Kier alpha value is -2.48. The number of anilines is 2. The van der Waals surface area contributed by atoms with Crippen molar-refractivity contribution in [2.75, 3.05) is 37.4 Å². The predicted octanol–water partition coefficient (Wildman–Crippen LogP) is 1.47. The quantitative estimate of drug-likeness (QED) is 0.634. The van der Waals surface area contributed by atoms with Gasteiger partial charge in [0.05, 0.1) is 16.3 Å². The van der Waals surface area contributed by atoms with E-state index in [2.05, 4.69) is 5.32 Å². The van der Waals surface area contributed by atoms with Crippen LogP contribution in [0.1, 0.15) is 13.8 Å². The zero-order valence-corrected chi connectivity index (χ0v) is 13.1. The number of carbonyl (C=O) groups is 2. The van der Waals surface area contributed by atoms with Crippen molar-refractivity contribution in [3.05, 3.63) is 28.3 Å². The van der Waals surface area contributed by atoms with Crippen molar-refractivity contribution in [3.8, 4) is 0 Å². The minimum absolute atomic E-state index is 0.149. The Morgan fingerprint density at radius 3 is 2.32 bits per heavy atom. The van der Waals surface area contributed by atoms with Crippen molar-refractivity contribution in [2.45, 2.75) is 13.8 Å². The number of nitro benzene ring substituents is 1. The highest BCUT2D eigenvalue weighted by Gasteiger charge is 2.19. The van der Waals surface area contributed by atoms with Gasteiger partial charge in [0.25, 0.3) is 5.69 Å². The Morgan fingerprint density at radius 1 is 1.23 bits per heavy atom. The van der Waals surface area contributed by atoms with Crippen molar-refractivity contribution in [1.29, 1.82) is 0 Å². The smallest absolute Gasteiger partial charge is 0.271 e. The average Bonchev–Trinajstić information content (AvgIpc) is 2.38. The molecule has 1 rings (SSSR count). The highest BCUT2D eigenvalue weighted by atomic mass is 16.6. The van der Waals surface area contributed by atoms with E-state index in [0.29, 0.717) is 18.8 Å². The van der Waals surface area contributed by atoms with Gasteiger partial charge in [0, 0.05) is 39.1 Å². The lowest BCUT2D eigenvalue weighted by Crippen LogP contribution is -2.35. The van der Waals surface area contributed by atoms with Crippen LogP contribution in [-0.4, -0.2) is 48.8 Å². The van der Waals surface area contributed by atoms with E-state index in [1.165, 1.54) is 36.9 Å². The molecule has 8 nitrogen and oxygen atoms in total. The van der Waals surface area contributed by atoms with Gasteiger partial charge in [-0.25, -0.2) is 0 Å². The van der Waals surface area contributed by atoms with Crippen LogP contribution in [0.2, 0.25) is 0 Å². The van der Waals surface area contributed by atoms with E-state index >= 15 is 0 Å². The normalized spacial score (nSPS) is 10.4. The van der Waals surface area contributed by atoms with Crippen LogP contribution >= 0.6 is 0 Å². The highest BCUT2D eigenvalue weighted by molar-refractivity contribution is 6.00. The molecule has 0 atom stereocenters. The summed E-state index contributed by atoms with van der Waals surface area (Å²) in [5.74, 6) is -0.569. The van der Waals surface area contributed by atoms with E-state index in [1.807, 2.05) is 19.0 Å². The lowest BCUT2D eigenvalue weighted by atomic mass is 10.2. The van der Waals surface area contributed by atoms with Crippen LogP contribution in [0.5, 0.6) is 0 Å². The summed E-state index contributed by atoms with van der Waals surface area (Å²) in [6, 6.07) is 4.04. The molecule has 0 fully saturated rings. The van der Waals surface area contributed by atoms with Gasteiger partial charge in [-0.2, -0.15) is 0 Å². The molecule has 1 aromatic rings. The minimum atomic E-state index is -0.549. The number of nitrogens with one attached hydrogen (secondary N) is 1. The van der Waals surface area contributed by atoms with Gasteiger partial charge in [0.1, 0.15) is 0 Å². The molecule has 0 aliphatic rings. The topological polar surface area (TPSA) is 95.8 Å². The third-order valence-corrected chi connectivity index (χ3v) is 2.94. The maximum Gasteiger partial charge on any atom is 0.271 e. The first-order valence-corrected chi connectivity index (χ1v) is 6.71. The fourth-order valence-electron chi connectivity index (χ4n) is 1.91. The molecule has 22 heavy (non-hydrogen) atoms. The lowest BCUT2D eigenvalue weighted by Gasteiger charge is -2.25. The number of nitrogens with zero attached hydrogens (tertiary/aromatic N) is 3. The Kier molecular flexibility index (Phi) is 6.00. The molecule has 0 aliphatic heterocycles. The monoisotopic (exact) mass is 308 g/mol. The van der Waals surface area contributed by atoms with Crippen LogP contribution in [0.15, 0.2) is 18.2 Å². The third kappa shape index (κ3) is 4.81. The molecular formula is C14H20N4O4. The number of benzene rings is 1. The fraction of sp³-hybridized carbons (Fsp3) is 0.429. The standard InChI is InChI=1S/C14H20N4O4/c1-10(19)15-13-9-12(18(21)22)5-6-14(13)17(11(2)20)8-7-16(3)4/h5-6,9H,7-8H2,1-4H3,(H,15,19). The second-order valence-corrected chi connectivity index (χ2v) is 5.11. The van der Waals surface area contributed by atoms with E-state index in [4.69, 9.17) is 0 Å². The zero-order valence-electron chi connectivity index (χ0n) is 13.1. The predicted molar refractivity (Wildman–Crippen MR) is 84.0 cm³/mol. The van der Waals surface area contributed by atoms with Gasteiger partial charge in [0.15, 0.2) is 0 Å². The van der Waals surface area contributed by atoms with Crippen LogP contribution < -0.4 is 10.2 Å². The van der Waals surface area contributed by atoms with Crippen LogP contribution in [0.25, 0.3) is 0 Å². The number of rotatable bonds is 6. The molecule has 1 aromatic carbocycles. The number of likely N-dealkylation sites (N-methyl/N-ethyl adjacent to an activating group) is 1. The van der Waals surface area contributed by atoms with Crippen LogP contribution in [0.4, 0.5) is 17.1 Å². The molecule has 0 aromatic heterocycles. The Balaban J connectivity index is 3.25. The van der Waals surface area contributed by atoms with E-state index in [1.54, 1.807) is 0 Å². The van der Waals surface area contributed by atoms with Gasteiger partial charge in [-0.1, -0.05) is 0 Å². The molecule has 1 N–H and O–H groups in total. The molecule has 0 bridgehead atoms. The summed E-state index contributed by atoms with van der Waals surface area (Å²) in [5.41, 5.74) is 0.536. The van der Waals surface area contributed by atoms with Crippen LogP contribution in [0, 0.1) is 10.1 Å². The molecular weight excluding hydrogens is 288 g/mol. The summed E-state index contributed by atoms with van der Waals surface area (Å²) >= 11 is 0. The van der Waals surface area contributed by atoms with Gasteiger partial charge in [0.2, 0.25) is 11.8 Å². The summed E-state index contributed by atoms with van der Waals surface area (Å²) in [5, 5.41) is 13.4. The number of nitro groups is 1. The first-order chi connectivity index (χ1) is 10.2. The summed E-state index contributed by atoms with van der Waals surface area (Å²) in [4.78, 5) is 36.9. The second kappa shape index (κ2) is 7.51. The average molecular weight is 308 g/mol.